The number of amides is 1. The first-order chi connectivity index (χ1) is 12.0. The Labute approximate surface area is 145 Å². The summed E-state index contributed by atoms with van der Waals surface area (Å²) in [6.07, 6.45) is 0. The standard InChI is InChI=1S/C20H17FN2O2/c1-13-9-10-19(14(2)22-13)20(24)23-16-6-4-8-18(12-16)25-17-7-3-5-15(21)11-17/h3-12H,1-2H3,(H,23,24). The summed E-state index contributed by atoms with van der Waals surface area (Å²) < 4.78 is 18.9. The lowest BCUT2D eigenvalue weighted by molar-refractivity contribution is 0.102. The second-order valence-electron chi connectivity index (χ2n) is 5.63. The van der Waals surface area contributed by atoms with Crippen LogP contribution < -0.4 is 10.1 Å². The highest BCUT2D eigenvalue weighted by molar-refractivity contribution is 6.05. The number of anilines is 1. The van der Waals surface area contributed by atoms with Crippen molar-refractivity contribution in [2.45, 2.75) is 13.8 Å². The first-order valence-electron chi connectivity index (χ1n) is 7.80. The second kappa shape index (κ2) is 7.13. The van der Waals surface area contributed by atoms with E-state index in [2.05, 4.69) is 10.3 Å². The smallest absolute Gasteiger partial charge is 0.257 e. The Morgan fingerprint density at radius 3 is 2.44 bits per heavy atom. The number of benzene rings is 2. The van der Waals surface area contributed by atoms with E-state index in [-0.39, 0.29) is 11.7 Å². The van der Waals surface area contributed by atoms with Crippen molar-refractivity contribution in [3.8, 4) is 11.5 Å². The van der Waals surface area contributed by atoms with E-state index in [9.17, 15) is 9.18 Å². The average Bonchev–Trinajstić information content (AvgIpc) is 2.55. The highest BCUT2D eigenvalue weighted by Crippen LogP contribution is 2.25. The Kier molecular flexibility index (Phi) is 4.75. The normalized spacial score (nSPS) is 10.4. The minimum Gasteiger partial charge on any atom is -0.457 e. The van der Waals surface area contributed by atoms with Gasteiger partial charge in [0.05, 0.1) is 11.3 Å². The van der Waals surface area contributed by atoms with Gasteiger partial charge in [0.25, 0.3) is 5.91 Å². The van der Waals surface area contributed by atoms with E-state index < -0.39 is 0 Å². The third-order valence-electron chi connectivity index (χ3n) is 3.59. The summed E-state index contributed by atoms with van der Waals surface area (Å²) in [4.78, 5) is 16.7. The van der Waals surface area contributed by atoms with Crippen LogP contribution in [-0.4, -0.2) is 10.9 Å². The predicted molar refractivity (Wildman–Crippen MR) is 94.6 cm³/mol. The lowest BCUT2D eigenvalue weighted by Crippen LogP contribution is -2.14. The fourth-order valence-electron chi connectivity index (χ4n) is 2.43. The van der Waals surface area contributed by atoms with Crippen molar-refractivity contribution in [1.29, 1.82) is 0 Å². The van der Waals surface area contributed by atoms with Gasteiger partial charge in [-0.1, -0.05) is 12.1 Å². The molecule has 5 heteroatoms. The molecule has 2 aromatic carbocycles. The number of nitrogens with one attached hydrogen (secondary N) is 1. The molecule has 1 heterocycles. The summed E-state index contributed by atoms with van der Waals surface area (Å²) in [6, 6.07) is 16.4. The Morgan fingerprint density at radius 1 is 1.00 bits per heavy atom. The third-order valence-corrected chi connectivity index (χ3v) is 3.59. The molecule has 0 aliphatic carbocycles. The summed E-state index contributed by atoms with van der Waals surface area (Å²) in [5, 5.41) is 2.82. The molecule has 0 bridgehead atoms. The molecule has 1 aromatic heterocycles. The number of carbonyl (C=O) groups is 1. The van der Waals surface area contributed by atoms with Crippen LogP contribution in [0.15, 0.2) is 60.7 Å². The highest BCUT2D eigenvalue weighted by Gasteiger charge is 2.11. The van der Waals surface area contributed by atoms with Crippen molar-refractivity contribution in [3.63, 3.8) is 0 Å². The maximum atomic E-state index is 13.2. The SMILES string of the molecule is Cc1ccc(C(=O)Nc2cccc(Oc3cccc(F)c3)c2)c(C)n1. The number of aromatic nitrogens is 1. The van der Waals surface area contributed by atoms with Gasteiger partial charge in [-0.05, 0) is 50.2 Å². The van der Waals surface area contributed by atoms with E-state index in [0.717, 1.165) is 5.69 Å². The van der Waals surface area contributed by atoms with Crippen LogP contribution in [0.25, 0.3) is 0 Å². The molecule has 0 fully saturated rings. The van der Waals surface area contributed by atoms with Gasteiger partial charge < -0.3 is 10.1 Å². The van der Waals surface area contributed by atoms with E-state index in [1.54, 1.807) is 55.5 Å². The van der Waals surface area contributed by atoms with E-state index in [1.807, 2.05) is 6.92 Å². The minimum absolute atomic E-state index is 0.243. The zero-order valence-corrected chi connectivity index (χ0v) is 13.9. The minimum atomic E-state index is -0.371. The molecule has 1 amide bonds. The maximum absolute atomic E-state index is 13.2. The third kappa shape index (κ3) is 4.20. The molecule has 25 heavy (non-hydrogen) atoms. The summed E-state index contributed by atoms with van der Waals surface area (Å²) >= 11 is 0. The molecule has 0 saturated carbocycles. The van der Waals surface area contributed by atoms with E-state index >= 15 is 0 Å². The molecule has 0 aliphatic rings. The van der Waals surface area contributed by atoms with Gasteiger partial charge in [-0.3, -0.25) is 9.78 Å². The number of halogens is 1. The Balaban J connectivity index is 1.76. The summed E-state index contributed by atoms with van der Waals surface area (Å²) in [5.41, 5.74) is 2.63. The lowest BCUT2D eigenvalue weighted by Gasteiger charge is -2.10. The van der Waals surface area contributed by atoms with Crippen LogP contribution in [0.3, 0.4) is 0 Å². The van der Waals surface area contributed by atoms with Crippen LogP contribution in [0.1, 0.15) is 21.7 Å². The number of ether oxygens (including phenoxy) is 1. The molecule has 126 valence electrons. The first-order valence-corrected chi connectivity index (χ1v) is 7.80. The van der Waals surface area contributed by atoms with Gasteiger partial charge in [0.1, 0.15) is 17.3 Å². The van der Waals surface area contributed by atoms with Gasteiger partial charge >= 0.3 is 0 Å². The van der Waals surface area contributed by atoms with Crippen molar-refractivity contribution in [2.24, 2.45) is 0 Å². The van der Waals surface area contributed by atoms with Crippen LogP contribution in [0.5, 0.6) is 11.5 Å². The van der Waals surface area contributed by atoms with Gasteiger partial charge in [-0.15, -0.1) is 0 Å². The number of hydrogen-bond acceptors (Lipinski definition) is 3. The largest absolute Gasteiger partial charge is 0.457 e. The zero-order chi connectivity index (χ0) is 17.8. The van der Waals surface area contributed by atoms with Gasteiger partial charge in [0, 0.05) is 23.5 Å². The van der Waals surface area contributed by atoms with Gasteiger partial charge in [-0.2, -0.15) is 0 Å². The monoisotopic (exact) mass is 336 g/mol. The number of carbonyl (C=O) groups excluding carboxylic acids is 1. The number of nitrogens with zero attached hydrogens (tertiary/aromatic N) is 1. The fourth-order valence-corrected chi connectivity index (χ4v) is 2.43. The van der Waals surface area contributed by atoms with Crippen LogP contribution in [0, 0.1) is 19.7 Å². The van der Waals surface area contributed by atoms with Crippen molar-refractivity contribution in [3.05, 3.63) is 83.4 Å². The highest BCUT2D eigenvalue weighted by atomic mass is 19.1. The summed E-state index contributed by atoms with van der Waals surface area (Å²) in [6.45, 7) is 3.67. The lowest BCUT2D eigenvalue weighted by atomic mass is 10.1. The van der Waals surface area contributed by atoms with Crippen LogP contribution in [0.2, 0.25) is 0 Å². The molecule has 4 nitrogen and oxygen atoms in total. The van der Waals surface area contributed by atoms with Crippen LogP contribution in [0.4, 0.5) is 10.1 Å². The Hall–Kier alpha value is -3.21. The molecular formula is C20H17FN2O2. The second-order valence-corrected chi connectivity index (χ2v) is 5.63. The topological polar surface area (TPSA) is 51.2 Å². The zero-order valence-electron chi connectivity index (χ0n) is 13.9. The Morgan fingerprint density at radius 2 is 1.72 bits per heavy atom. The van der Waals surface area contributed by atoms with Crippen LogP contribution in [-0.2, 0) is 0 Å². The molecule has 0 saturated heterocycles. The average molecular weight is 336 g/mol. The van der Waals surface area contributed by atoms with Gasteiger partial charge in [0.2, 0.25) is 0 Å². The molecule has 0 radical (unpaired) electrons. The molecule has 0 aliphatic heterocycles. The van der Waals surface area contributed by atoms with E-state index in [4.69, 9.17) is 4.74 Å². The summed E-state index contributed by atoms with van der Waals surface area (Å²) in [5.74, 6) is 0.279. The molecule has 0 atom stereocenters. The quantitative estimate of drug-likeness (QED) is 0.738. The van der Waals surface area contributed by atoms with Crippen molar-refractivity contribution in [1.82, 2.24) is 4.98 Å². The van der Waals surface area contributed by atoms with E-state index in [0.29, 0.717) is 28.4 Å². The van der Waals surface area contributed by atoms with E-state index in [1.165, 1.54) is 12.1 Å². The molecule has 0 unspecified atom stereocenters. The van der Waals surface area contributed by atoms with Crippen molar-refractivity contribution < 1.29 is 13.9 Å². The van der Waals surface area contributed by atoms with Gasteiger partial charge in [0.15, 0.2) is 0 Å². The molecular weight excluding hydrogens is 319 g/mol. The number of hydrogen-bond donors (Lipinski definition) is 1. The molecule has 3 rings (SSSR count). The molecule has 3 aromatic rings. The van der Waals surface area contributed by atoms with Gasteiger partial charge in [-0.25, -0.2) is 4.39 Å². The van der Waals surface area contributed by atoms with Crippen LogP contribution >= 0.6 is 0 Å². The maximum Gasteiger partial charge on any atom is 0.257 e. The number of aryl methyl sites for hydroxylation is 2. The Bertz CT molecular complexity index is 925. The van der Waals surface area contributed by atoms with Crippen molar-refractivity contribution in [2.75, 3.05) is 5.32 Å². The number of pyridine rings is 1. The fraction of sp³-hybridized carbons (Fsp3) is 0.100. The number of rotatable bonds is 4. The molecule has 0 spiro atoms. The summed E-state index contributed by atoms with van der Waals surface area (Å²) in [7, 11) is 0. The molecule has 1 N–H and O–H groups in total. The predicted octanol–water partition coefficient (Wildman–Crippen LogP) is 4.88. The van der Waals surface area contributed by atoms with Crippen molar-refractivity contribution >= 4 is 11.6 Å². The first kappa shape index (κ1) is 16.6.